The van der Waals surface area contributed by atoms with E-state index in [1.165, 1.54) is 33.6 Å². The van der Waals surface area contributed by atoms with Crippen LogP contribution in [0.3, 0.4) is 0 Å². The highest BCUT2D eigenvalue weighted by atomic mass is 32.1. The molecule has 0 N–H and O–H groups in total. The summed E-state index contributed by atoms with van der Waals surface area (Å²) in [5.41, 5.74) is 3.26. The van der Waals surface area contributed by atoms with Gasteiger partial charge in [-0.25, -0.2) is 14.2 Å². The number of halogens is 1. The number of benzene rings is 2. The Hall–Kier alpha value is -3.32. The molecule has 0 radical (unpaired) electrons. The predicted octanol–water partition coefficient (Wildman–Crippen LogP) is 4.23. The highest BCUT2D eigenvalue weighted by Gasteiger charge is 2.33. The van der Waals surface area contributed by atoms with Gasteiger partial charge in [0.25, 0.3) is 5.56 Å². The molecule has 0 bridgehead atoms. The first kappa shape index (κ1) is 23.8. The molecule has 2 aromatic carbocycles. The van der Waals surface area contributed by atoms with Crippen LogP contribution in [0.2, 0.25) is 0 Å². The lowest BCUT2D eigenvalue weighted by Crippen LogP contribution is -2.39. The smallest absolute Gasteiger partial charge is 0.338 e. The lowest BCUT2D eigenvalue weighted by Gasteiger charge is -2.24. The van der Waals surface area contributed by atoms with E-state index in [1.807, 2.05) is 18.2 Å². The average molecular weight is 479 g/mol. The molecule has 0 spiro atoms. The molecule has 2 heterocycles. The van der Waals surface area contributed by atoms with Crippen molar-refractivity contribution in [3.63, 3.8) is 0 Å². The van der Waals surface area contributed by atoms with Gasteiger partial charge in [-0.2, -0.15) is 0 Å². The number of thiazole rings is 1. The van der Waals surface area contributed by atoms with Gasteiger partial charge in [-0.05, 0) is 54.2 Å². The van der Waals surface area contributed by atoms with Gasteiger partial charge < -0.3 is 4.74 Å². The van der Waals surface area contributed by atoms with Crippen LogP contribution in [-0.4, -0.2) is 17.1 Å². The van der Waals surface area contributed by atoms with Crippen molar-refractivity contribution in [2.45, 2.75) is 46.1 Å². The van der Waals surface area contributed by atoms with Crippen molar-refractivity contribution in [1.82, 2.24) is 4.57 Å². The number of nitrogens with zero attached hydrogens (tertiary/aromatic N) is 2. The Morgan fingerprint density at radius 3 is 2.38 bits per heavy atom. The molecule has 1 atom stereocenters. The lowest BCUT2D eigenvalue weighted by molar-refractivity contribution is -0.139. The predicted molar refractivity (Wildman–Crippen MR) is 132 cm³/mol. The van der Waals surface area contributed by atoms with Crippen LogP contribution in [-0.2, 0) is 14.9 Å². The quantitative estimate of drug-likeness (QED) is 0.527. The van der Waals surface area contributed by atoms with E-state index in [-0.39, 0.29) is 23.2 Å². The van der Waals surface area contributed by atoms with E-state index < -0.39 is 17.8 Å². The van der Waals surface area contributed by atoms with Gasteiger partial charge in [0.2, 0.25) is 0 Å². The summed E-state index contributed by atoms with van der Waals surface area (Å²) >= 11 is 1.27. The number of fused-ring (bicyclic) bond motifs is 1. The van der Waals surface area contributed by atoms with Gasteiger partial charge in [-0.1, -0.05) is 68.5 Å². The highest BCUT2D eigenvalue weighted by Crippen LogP contribution is 2.30. The average Bonchev–Trinajstić information content (AvgIpc) is 3.08. The molecular weight excluding hydrogens is 451 g/mol. The number of carbonyl (C=O) groups is 1. The summed E-state index contributed by atoms with van der Waals surface area (Å²) in [5, 5.41) is 0. The third-order valence-corrected chi connectivity index (χ3v) is 6.76. The maximum atomic E-state index is 13.6. The van der Waals surface area contributed by atoms with Crippen LogP contribution >= 0.6 is 11.3 Å². The van der Waals surface area contributed by atoms with Crippen molar-refractivity contribution in [1.29, 1.82) is 0 Å². The van der Waals surface area contributed by atoms with Crippen molar-refractivity contribution >= 4 is 23.4 Å². The van der Waals surface area contributed by atoms with E-state index in [0.717, 1.165) is 5.56 Å². The van der Waals surface area contributed by atoms with E-state index in [0.29, 0.717) is 20.6 Å². The topological polar surface area (TPSA) is 60.7 Å². The molecule has 0 fully saturated rings. The number of hydrogen-bond acceptors (Lipinski definition) is 5. The SMILES string of the molecule is CCOC(=O)C1=C(C)N=c2s/c(=C\c3ccc(C(C)(C)C)cc3)c(=O)n2[C@H]1c1ccc(F)cc1. The summed E-state index contributed by atoms with van der Waals surface area (Å²) in [7, 11) is 0. The fraction of sp³-hybridized carbons (Fsp3) is 0.296. The first-order valence-electron chi connectivity index (χ1n) is 11.2. The van der Waals surface area contributed by atoms with Gasteiger partial charge in [0.1, 0.15) is 5.82 Å². The second-order valence-electron chi connectivity index (χ2n) is 9.23. The summed E-state index contributed by atoms with van der Waals surface area (Å²) < 4.78 is 20.9. The van der Waals surface area contributed by atoms with Crippen molar-refractivity contribution in [3.8, 4) is 0 Å². The highest BCUT2D eigenvalue weighted by molar-refractivity contribution is 7.07. The molecule has 0 amide bonds. The normalized spacial score (nSPS) is 16.3. The molecule has 1 aliphatic rings. The van der Waals surface area contributed by atoms with Gasteiger partial charge in [0.05, 0.1) is 28.5 Å². The van der Waals surface area contributed by atoms with E-state index in [9.17, 15) is 14.0 Å². The summed E-state index contributed by atoms with van der Waals surface area (Å²) in [6, 6.07) is 13.2. The minimum Gasteiger partial charge on any atom is -0.463 e. The van der Waals surface area contributed by atoms with Crippen LogP contribution in [0.1, 0.15) is 57.4 Å². The van der Waals surface area contributed by atoms with Crippen LogP contribution in [0.15, 0.2) is 69.6 Å². The van der Waals surface area contributed by atoms with Crippen molar-refractivity contribution < 1.29 is 13.9 Å². The van der Waals surface area contributed by atoms with Gasteiger partial charge in [0, 0.05) is 0 Å². The lowest BCUT2D eigenvalue weighted by atomic mass is 9.87. The third-order valence-electron chi connectivity index (χ3n) is 5.78. The summed E-state index contributed by atoms with van der Waals surface area (Å²) in [6.45, 7) is 10.1. The number of hydrogen-bond donors (Lipinski definition) is 0. The van der Waals surface area contributed by atoms with Gasteiger partial charge >= 0.3 is 5.97 Å². The second kappa shape index (κ2) is 9.14. The molecule has 176 valence electrons. The van der Waals surface area contributed by atoms with Gasteiger partial charge in [-0.3, -0.25) is 9.36 Å². The van der Waals surface area contributed by atoms with Crippen molar-refractivity contribution in [3.05, 3.63) is 102 Å². The fourth-order valence-corrected chi connectivity index (χ4v) is 5.03. The monoisotopic (exact) mass is 478 g/mol. The Morgan fingerprint density at radius 1 is 1.15 bits per heavy atom. The zero-order valence-corrected chi connectivity index (χ0v) is 20.7. The van der Waals surface area contributed by atoms with Crippen LogP contribution in [0.25, 0.3) is 6.08 Å². The second-order valence-corrected chi connectivity index (χ2v) is 10.2. The van der Waals surface area contributed by atoms with E-state index >= 15 is 0 Å². The Kier molecular flexibility index (Phi) is 6.41. The number of allylic oxidation sites excluding steroid dienone is 1. The van der Waals surface area contributed by atoms with E-state index in [1.54, 1.807) is 26.0 Å². The van der Waals surface area contributed by atoms with Crippen molar-refractivity contribution in [2.75, 3.05) is 6.61 Å². The number of ether oxygens (including phenoxy) is 1. The van der Waals surface area contributed by atoms with E-state index in [2.05, 4.69) is 37.9 Å². The Morgan fingerprint density at radius 2 is 1.79 bits per heavy atom. The molecule has 5 nitrogen and oxygen atoms in total. The molecule has 3 aromatic rings. The maximum absolute atomic E-state index is 13.6. The Balaban J connectivity index is 1.88. The van der Waals surface area contributed by atoms with E-state index in [4.69, 9.17) is 4.74 Å². The molecule has 7 heteroatoms. The van der Waals surface area contributed by atoms with Crippen LogP contribution in [0.4, 0.5) is 4.39 Å². The first-order valence-corrected chi connectivity index (χ1v) is 12.0. The Bertz CT molecular complexity index is 1440. The van der Waals surface area contributed by atoms with Crippen molar-refractivity contribution in [2.24, 2.45) is 4.99 Å². The zero-order valence-electron chi connectivity index (χ0n) is 19.9. The minimum absolute atomic E-state index is 0.0358. The number of aromatic nitrogens is 1. The summed E-state index contributed by atoms with van der Waals surface area (Å²) in [5.74, 6) is -0.932. The number of rotatable bonds is 4. The van der Waals surface area contributed by atoms with Crippen LogP contribution < -0.4 is 14.9 Å². The summed E-state index contributed by atoms with van der Waals surface area (Å²) in [4.78, 5) is 31.5. The van der Waals surface area contributed by atoms with Crippen LogP contribution in [0, 0.1) is 5.82 Å². The largest absolute Gasteiger partial charge is 0.463 e. The molecular formula is C27H27FN2O3S. The Labute approximate surface area is 201 Å². The number of carbonyl (C=O) groups excluding carboxylic acids is 1. The first-order chi connectivity index (χ1) is 16.1. The van der Waals surface area contributed by atoms with Gasteiger partial charge in [-0.15, -0.1) is 0 Å². The molecule has 4 rings (SSSR count). The standard InChI is InChI=1S/C27H27FN2O3S/c1-6-33-25(32)22-16(2)29-26-30(23(22)18-9-13-20(28)14-10-18)24(31)21(34-26)15-17-7-11-19(12-8-17)27(3,4)5/h7-15,23H,6H2,1-5H3/b21-15-/t23-/m0/s1. The molecule has 0 aliphatic carbocycles. The molecule has 0 unspecified atom stereocenters. The molecule has 0 saturated heterocycles. The van der Waals surface area contributed by atoms with Crippen LogP contribution in [0.5, 0.6) is 0 Å². The maximum Gasteiger partial charge on any atom is 0.338 e. The summed E-state index contributed by atoms with van der Waals surface area (Å²) in [6.07, 6.45) is 1.83. The fourth-order valence-electron chi connectivity index (χ4n) is 3.98. The van der Waals surface area contributed by atoms with Gasteiger partial charge in [0.15, 0.2) is 4.80 Å². The zero-order chi connectivity index (χ0) is 24.6. The molecule has 1 aliphatic heterocycles. The number of esters is 1. The molecule has 34 heavy (non-hydrogen) atoms. The molecule has 0 saturated carbocycles. The molecule has 1 aromatic heterocycles. The minimum atomic E-state index is -0.749. The third kappa shape index (κ3) is 4.53.